The van der Waals surface area contributed by atoms with Crippen LogP contribution in [0.25, 0.3) is 10.6 Å². The Morgan fingerprint density at radius 1 is 1.14 bits per heavy atom. The monoisotopic (exact) mass is 411 g/mol. The molecule has 2 heterocycles. The summed E-state index contributed by atoms with van der Waals surface area (Å²) in [5.74, 6) is -0.565. The van der Waals surface area contributed by atoms with Crippen LogP contribution in [-0.4, -0.2) is 28.3 Å². The molecule has 0 aliphatic carbocycles. The molecule has 0 bridgehead atoms. The Morgan fingerprint density at radius 2 is 1.93 bits per heavy atom. The van der Waals surface area contributed by atoms with Crippen LogP contribution in [0.5, 0.6) is 0 Å². The van der Waals surface area contributed by atoms with Crippen LogP contribution in [-0.2, 0) is 16.1 Å². The first-order valence-corrected chi connectivity index (χ1v) is 10.1. The fraction of sp³-hybridized carbons (Fsp3) is 0.238. The lowest BCUT2D eigenvalue weighted by Gasteiger charge is -2.08. The Kier molecular flexibility index (Phi) is 6.91. The lowest BCUT2D eigenvalue weighted by Crippen LogP contribution is -2.23. The lowest BCUT2D eigenvalue weighted by atomic mass is 10.2. The van der Waals surface area contributed by atoms with Crippen LogP contribution in [0, 0.1) is 0 Å². The minimum absolute atomic E-state index is 0.170. The van der Waals surface area contributed by atoms with Gasteiger partial charge in [0.05, 0.1) is 17.0 Å². The SMILES string of the molecule is CCOC(=O)c1ccc(NC(=O)CCCn2nc(-c3cccs3)ccc2=O)cc1. The standard InChI is InChI=1S/C21H21N3O4S/c1-2-28-21(27)15-7-9-16(10-8-15)22-19(25)6-3-13-24-20(26)12-11-17(23-24)18-5-4-14-29-18/h4-5,7-12,14H,2-3,6,13H2,1H3,(H,22,25). The van der Waals surface area contributed by atoms with Gasteiger partial charge >= 0.3 is 5.97 Å². The van der Waals surface area contributed by atoms with Crippen molar-refractivity contribution in [3.8, 4) is 10.6 Å². The molecule has 0 saturated heterocycles. The van der Waals surface area contributed by atoms with Crippen LogP contribution in [0.2, 0.25) is 0 Å². The van der Waals surface area contributed by atoms with Gasteiger partial charge in [0.15, 0.2) is 0 Å². The predicted molar refractivity (Wildman–Crippen MR) is 112 cm³/mol. The maximum atomic E-state index is 12.2. The number of amides is 1. The van der Waals surface area contributed by atoms with Crippen molar-refractivity contribution >= 4 is 28.9 Å². The van der Waals surface area contributed by atoms with Gasteiger partial charge in [0, 0.05) is 24.7 Å². The van der Waals surface area contributed by atoms with Crippen molar-refractivity contribution in [2.45, 2.75) is 26.3 Å². The largest absolute Gasteiger partial charge is 0.462 e. The smallest absolute Gasteiger partial charge is 0.338 e. The number of nitrogens with zero attached hydrogens (tertiary/aromatic N) is 2. The molecule has 0 fully saturated rings. The summed E-state index contributed by atoms with van der Waals surface area (Å²) in [6.45, 7) is 2.41. The number of hydrogen-bond donors (Lipinski definition) is 1. The second kappa shape index (κ2) is 9.79. The lowest BCUT2D eigenvalue weighted by molar-refractivity contribution is -0.116. The van der Waals surface area contributed by atoms with E-state index in [-0.39, 0.29) is 17.9 Å². The van der Waals surface area contributed by atoms with Gasteiger partial charge in [-0.1, -0.05) is 6.07 Å². The van der Waals surface area contributed by atoms with E-state index in [1.165, 1.54) is 10.7 Å². The minimum Gasteiger partial charge on any atom is -0.462 e. The molecule has 1 aromatic carbocycles. The molecule has 0 saturated carbocycles. The Morgan fingerprint density at radius 3 is 2.62 bits per heavy atom. The first-order chi connectivity index (χ1) is 14.1. The van der Waals surface area contributed by atoms with E-state index in [9.17, 15) is 14.4 Å². The fourth-order valence-electron chi connectivity index (χ4n) is 2.68. The quantitative estimate of drug-likeness (QED) is 0.572. The third-order valence-corrected chi connectivity index (χ3v) is 4.99. The average Bonchev–Trinajstić information content (AvgIpc) is 3.25. The second-order valence-electron chi connectivity index (χ2n) is 6.21. The molecule has 29 heavy (non-hydrogen) atoms. The molecule has 2 aromatic heterocycles. The number of ether oxygens (including phenoxy) is 1. The van der Waals surface area contributed by atoms with E-state index in [2.05, 4.69) is 10.4 Å². The van der Waals surface area contributed by atoms with Crippen molar-refractivity contribution in [3.05, 3.63) is 69.8 Å². The van der Waals surface area contributed by atoms with Gasteiger partial charge in [-0.3, -0.25) is 9.59 Å². The van der Waals surface area contributed by atoms with E-state index in [1.54, 1.807) is 48.6 Å². The number of benzene rings is 1. The number of carbonyl (C=O) groups is 2. The molecule has 0 atom stereocenters. The van der Waals surface area contributed by atoms with Gasteiger partial charge in [-0.25, -0.2) is 9.48 Å². The maximum Gasteiger partial charge on any atom is 0.338 e. The van der Waals surface area contributed by atoms with Crippen molar-refractivity contribution in [1.82, 2.24) is 9.78 Å². The zero-order valence-electron chi connectivity index (χ0n) is 16.0. The molecule has 0 aliphatic heterocycles. The predicted octanol–water partition coefficient (Wildman–Crippen LogP) is 3.57. The number of nitrogens with one attached hydrogen (secondary N) is 1. The molecule has 0 aliphatic rings. The summed E-state index contributed by atoms with van der Waals surface area (Å²) >= 11 is 1.55. The molecule has 1 N–H and O–H groups in total. The van der Waals surface area contributed by atoms with Crippen molar-refractivity contribution in [3.63, 3.8) is 0 Å². The molecule has 8 heteroatoms. The van der Waals surface area contributed by atoms with Crippen molar-refractivity contribution in [2.75, 3.05) is 11.9 Å². The third kappa shape index (κ3) is 5.61. The third-order valence-electron chi connectivity index (χ3n) is 4.09. The van der Waals surface area contributed by atoms with Gasteiger partial charge in [0.2, 0.25) is 5.91 Å². The number of thiophene rings is 1. The maximum absolute atomic E-state index is 12.2. The first-order valence-electron chi connectivity index (χ1n) is 9.26. The highest BCUT2D eigenvalue weighted by molar-refractivity contribution is 7.13. The van der Waals surface area contributed by atoms with Crippen molar-refractivity contribution < 1.29 is 14.3 Å². The molecule has 0 unspecified atom stereocenters. The average molecular weight is 411 g/mol. The van der Waals surface area contributed by atoms with Crippen LogP contribution >= 0.6 is 11.3 Å². The number of aromatic nitrogens is 2. The number of carbonyl (C=O) groups excluding carboxylic acids is 2. The summed E-state index contributed by atoms with van der Waals surface area (Å²) in [6, 6.07) is 13.6. The van der Waals surface area contributed by atoms with E-state index in [0.29, 0.717) is 30.8 Å². The molecule has 1 amide bonds. The highest BCUT2D eigenvalue weighted by atomic mass is 32.1. The van der Waals surface area contributed by atoms with Crippen LogP contribution in [0.4, 0.5) is 5.69 Å². The zero-order valence-corrected chi connectivity index (χ0v) is 16.8. The number of hydrogen-bond acceptors (Lipinski definition) is 6. The van der Waals surface area contributed by atoms with E-state index in [4.69, 9.17) is 4.74 Å². The molecule has 150 valence electrons. The highest BCUT2D eigenvalue weighted by Gasteiger charge is 2.08. The summed E-state index contributed by atoms with van der Waals surface area (Å²) in [5.41, 5.74) is 1.57. The molecule has 3 aromatic rings. The van der Waals surface area contributed by atoms with E-state index >= 15 is 0 Å². The zero-order chi connectivity index (χ0) is 20.6. The molecule has 0 spiro atoms. The van der Waals surface area contributed by atoms with Gasteiger partial charge < -0.3 is 10.1 Å². The van der Waals surface area contributed by atoms with Crippen molar-refractivity contribution in [2.24, 2.45) is 0 Å². The summed E-state index contributed by atoms with van der Waals surface area (Å²) in [6.07, 6.45) is 0.727. The topological polar surface area (TPSA) is 90.3 Å². The van der Waals surface area contributed by atoms with Crippen LogP contribution in [0.15, 0.2) is 58.7 Å². The fourth-order valence-corrected chi connectivity index (χ4v) is 3.37. The first kappa shape index (κ1) is 20.5. The number of anilines is 1. The summed E-state index contributed by atoms with van der Waals surface area (Å²) in [7, 11) is 0. The highest BCUT2D eigenvalue weighted by Crippen LogP contribution is 2.21. The summed E-state index contributed by atoms with van der Waals surface area (Å²) < 4.78 is 6.31. The van der Waals surface area contributed by atoms with Crippen LogP contribution in [0.1, 0.15) is 30.1 Å². The van der Waals surface area contributed by atoms with Gasteiger partial charge in [-0.15, -0.1) is 11.3 Å². The van der Waals surface area contributed by atoms with Crippen LogP contribution in [0.3, 0.4) is 0 Å². The van der Waals surface area contributed by atoms with E-state index in [0.717, 1.165) is 10.6 Å². The van der Waals surface area contributed by atoms with Gasteiger partial charge in [0.1, 0.15) is 5.69 Å². The number of esters is 1. The van der Waals surface area contributed by atoms with E-state index in [1.807, 2.05) is 17.5 Å². The molecule has 3 rings (SSSR count). The Labute approximate surface area is 172 Å². The second-order valence-corrected chi connectivity index (χ2v) is 7.15. The van der Waals surface area contributed by atoms with Gasteiger partial charge in [-0.2, -0.15) is 5.10 Å². The normalized spacial score (nSPS) is 10.5. The van der Waals surface area contributed by atoms with Gasteiger partial charge in [0.25, 0.3) is 5.56 Å². The molecule has 0 radical (unpaired) electrons. The Hall–Kier alpha value is -3.26. The van der Waals surface area contributed by atoms with Crippen molar-refractivity contribution in [1.29, 1.82) is 0 Å². The summed E-state index contributed by atoms with van der Waals surface area (Å²) in [4.78, 5) is 36.8. The molecular weight excluding hydrogens is 390 g/mol. The minimum atomic E-state index is -0.395. The van der Waals surface area contributed by atoms with Crippen LogP contribution < -0.4 is 10.9 Å². The number of rotatable bonds is 8. The Bertz CT molecular complexity index is 1030. The Balaban J connectivity index is 1.52. The van der Waals surface area contributed by atoms with E-state index < -0.39 is 5.97 Å². The van der Waals surface area contributed by atoms with Gasteiger partial charge in [-0.05, 0) is 55.1 Å². The molecule has 7 nitrogen and oxygen atoms in total. The number of aryl methyl sites for hydroxylation is 1. The molecular formula is C21H21N3O4S. The summed E-state index contributed by atoms with van der Waals surface area (Å²) in [5, 5.41) is 9.11.